The van der Waals surface area contributed by atoms with Gasteiger partial charge in [0.15, 0.2) is 0 Å². The van der Waals surface area contributed by atoms with E-state index >= 15 is 0 Å². The average molecular weight is 269 g/mol. The molecule has 0 spiro atoms. The van der Waals surface area contributed by atoms with Crippen molar-refractivity contribution in [2.24, 2.45) is 5.92 Å². The van der Waals surface area contributed by atoms with Crippen LogP contribution < -0.4 is 5.32 Å². The van der Waals surface area contributed by atoms with Crippen molar-refractivity contribution in [3.8, 4) is 0 Å². The molecule has 2 atom stereocenters. The quantitative estimate of drug-likeness (QED) is 0.905. The van der Waals surface area contributed by atoms with Crippen molar-refractivity contribution in [2.45, 2.75) is 51.1 Å². The molecule has 20 heavy (non-hydrogen) atoms. The van der Waals surface area contributed by atoms with Crippen molar-refractivity contribution in [2.75, 3.05) is 0 Å². The maximum absolute atomic E-state index is 11.2. The second-order valence-electron chi connectivity index (χ2n) is 6.23. The highest BCUT2D eigenvalue weighted by molar-refractivity contribution is 5.79. The van der Waals surface area contributed by atoms with Gasteiger partial charge in [-0.25, -0.2) is 0 Å². The summed E-state index contributed by atoms with van der Waals surface area (Å²) in [5.41, 5.74) is 2.76. The van der Waals surface area contributed by atoms with Crippen LogP contribution >= 0.6 is 0 Å². The maximum Gasteiger partial charge on any atom is 0.133 e. The molecule has 2 saturated carbocycles. The predicted octanol–water partition coefficient (Wildman–Crippen LogP) is 3.58. The van der Waals surface area contributed by atoms with Crippen molar-refractivity contribution in [3.63, 3.8) is 0 Å². The lowest BCUT2D eigenvalue weighted by Crippen LogP contribution is -2.35. The van der Waals surface area contributed by atoms with Crippen LogP contribution in [0.15, 0.2) is 35.9 Å². The van der Waals surface area contributed by atoms with Crippen molar-refractivity contribution >= 4 is 11.9 Å². The molecule has 0 amide bonds. The molecule has 0 aliphatic heterocycles. The molecule has 0 heterocycles. The summed E-state index contributed by atoms with van der Waals surface area (Å²) in [5.74, 6) is 1.13. The van der Waals surface area contributed by atoms with Gasteiger partial charge in [0.1, 0.15) is 5.78 Å². The van der Waals surface area contributed by atoms with Crippen molar-refractivity contribution in [3.05, 3.63) is 41.5 Å². The first-order valence-electron chi connectivity index (χ1n) is 7.73. The van der Waals surface area contributed by atoms with Gasteiger partial charge in [0.05, 0.1) is 0 Å². The Kier molecular flexibility index (Phi) is 4.02. The smallest absolute Gasteiger partial charge is 0.133 e. The number of Topliss-reactive ketones (excluding diaryl/α,β-unsaturated/α-hetero) is 1. The maximum atomic E-state index is 11.2. The number of ketones is 1. The summed E-state index contributed by atoms with van der Waals surface area (Å²) < 4.78 is 0. The summed E-state index contributed by atoms with van der Waals surface area (Å²) >= 11 is 0. The van der Waals surface area contributed by atoms with Gasteiger partial charge in [-0.05, 0) is 37.7 Å². The molecule has 3 rings (SSSR count). The highest BCUT2D eigenvalue weighted by Gasteiger charge is 2.39. The molecule has 0 saturated heterocycles. The van der Waals surface area contributed by atoms with Gasteiger partial charge >= 0.3 is 0 Å². The lowest BCUT2D eigenvalue weighted by atomic mass is 9.94. The molecular weight excluding hydrogens is 246 g/mol. The van der Waals surface area contributed by atoms with E-state index in [0.717, 1.165) is 25.7 Å². The van der Waals surface area contributed by atoms with E-state index < -0.39 is 0 Å². The molecule has 2 heteroatoms. The topological polar surface area (TPSA) is 29.1 Å². The second kappa shape index (κ2) is 5.92. The van der Waals surface area contributed by atoms with Crippen LogP contribution in [0.1, 0.15) is 44.6 Å². The molecule has 0 aromatic heterocycles. The van der Waals surface area contributed by atoms with Crippen molar-refractivity contribution in [1.29, 1.82) is 0 Å². The number of hydrogen-bond donors (Lipinski definition) is 1. The third kappa shape index (κ3) is 3.37. The zero-order valence-electron chi connectivity index (χ0n) is 12.1. The van der Waals surface area contributed by atoms with Gasteiger partial charge in [-0.2, -0.15) is 0 Å². The van der Waals surface area contributed by atoms with E-state index in [2.05, 4.69) is 48.6 Å². The molecule has 1 N–H and O–H groups in total. The Morgan fingerprint density at radius 3 is 2.60 bits per heavy atom. The summed E-state index contributed by atoms with van der Waals surface area (Å²) in [6.45, 7) is 2.24. The fraction of sp³-hybridized carbons (Fsp3) is 0.500. The van der Waals surface area contributed by atoms with Crippen LogP contribution in [-0.2, 0) is 4.79 Å². The van der Waals surface area contributed by atoms with Crippen LogP contribution in [0.4, 0.5) is 0 Å². The molecule has 2 aliphatic rings. The Hall–Kier alpha value is -1.41. The highest BCUT2D eigenvalue weighted by atomic mass is 16.1. The first-order chi connectivity index (χ1) is 9.72. The molecule has 2 nitrogen and oxygen atoms in total. The minimum atomic E-state index is 0.440. The van der Waals surface area contributed by atoms with Gasteiger partial charge in [0.2, 0.25) is 0 Å². The van der Waals surface area contributed by atoms with E-state index in [-0.39, 0.29) is 0 Å². The summed E-state index contributed by atoms with van der Waals surface area (Å²) in [6.07, 6.45) is 7.16. The largest absolute Gasteiger partial charge is 0.311 e. The molecule has 1 aromatic carbocycles. The summed E-state index contributed by atoms with van der Waals surface area (Å²) in [7, 11) is 0. The standard InChI is InChI=1S/C18H23NO/c1-13(11-14-5-3-2-4-6-14)17-12-18(17)19-15-7-9-16(20)10-8-15/h2-6,11,15,17-19H,7-10,12H2,1H3/b13-11+/t17-,18+/m0/s1. The average Bonchev–Trinajstić information content (AvgIpc) is 3.22. The minimum Gasteiger partial charge on any atom is -0.311 e. The number of benzene rings is 1. The zero-order chi connectivity index (χ0) is 13.9. The fourth-order valence-electron chi connectivity index (χ4n) is 3.21. The highest BCUT2D eigenvalue weighted by Crippen LogP contribution is 2.39. The van der Waals surface area contributed by atoms with Gasteiger partial charge in [0, 0.05) is 24.9 Å². The monoisotopic (exact) mass is 269 g/mol. The summed E-state index contributed by atoms with van der Waals surface area (Å²) in [4.78, 5) is 11.2. The van der Waals surface area contributed by atoms with E-state index in [1.165, 1.54) is 17.6 Å². The molecule has 1 aromatic rings. The SMILES string of the molecule is C/C(=C\c1ccccc1)[C@@H]1C[C@H]1NC1CCC(=O)CC1. The Bertz CT molecular complexity index is 495. The third-order valence-electron chi connectivity index (χ3n) is 4.56. The van der Waals surface area contributed by atoms with Crippen molar-refractivity contribution < 1.29 is 4.79 Å². The van der Waals surface area contributed by atoms with Crippen LogP contribution in [0.25, 0.3) is 6.08 Å². The number of rotatable bonds is 4. The van der Waals surface area contributed by atoms with Crippen LogP contribution in [0, 0.1) is 5.92 Å². The number of nitrogens with one attached hydrogen (secondary N) is 1. The van der Waals surface area contributed by atoms with E-state index in [4.69, 9.17) is 0 Å². The van der Waals surface area contributed by atoms with Crippen LogP contribution in [0.5, 0.6) is 0 Å². The number of carbonyl (C=O) groups is 1. The van der Waals surface area contributed by atoms with E-state index in [9.17, 15) is 4.79 Å². The predicted molar refractivity (Wildman–Crippen MR) is 82.4 cm³/mol. The van der Waals surface area contributed by atoms with Crippen LogP contribution in [-0.4, -0.2) is 17.9 Å². The number of carbonyl (C=O) groups excluding carboxylic acids is 1. The number of hydrogen-bond acceptors (Lipinski definition) is 2. The Morgan fingerprint density at radius 2 is 1.90 bits per heavy atom. The first kappa shape index (κ1) is 13.6. The lowest BCUT2D eigenvalue weighted by Gasteiger charge is -2.22. The van der Waals surface area contributed by atoms with Gasteiger partial charge in [-0.1, -0.05) is 42.0 Å². The third-order valence-corrected chi connectivity index (χ3v) is 4.56. The first-order valence-corrected chi connectivity index (χ1v) is 7.73. The summed E-state index contributed by atoms with van der Waals surface area (Å²) in [5, 5.41) is 3.74. The van der Waals surface area contributed by atoms with Gasteiger partial charge in [-0.15, -0.1) is 0 Å². The van der Waals surface area contributed by atoms with Gasteiger partial charge in [0.25, 0.3) is 0 Å². The Balaban J connectivity index is 1.51. The fourth-order valence-corrected chi connectivity index (χ4v) is 3.21. The molecule has 0 unspecified atom stereocenters. The molecule has 2 fully saturated rings. The normalized spacial score (nSPS) is 27.6. The van der Waals surface area contributed by atoms with Gasteiger partial charge in [-0.3, -0.25) is 4.79 Å². The molecular formula is C18H23NO. The molecule has 0 radical (unpaired) electrons. The molecule has 0 bridgehead atoms. The Morgan fingerprint density at radius 1 is 1.20 bits per heavy atom. The summed E-state index contributed by atoms with van der Waals surface area (Å²) in [6, 6.07) is 11.7. The van der Waals surface area contributed by atoms with E-state index in [0.29, 0.717) is 23.8 Å². The van der Waals surface area contributed by atoms with Crippen LogP contribution in [0.3, 0.4) is 0 Å². The minimum absolute atomic E-state index is 0.440. The lowest BCUT2D eigenvalue weighted by molar-refractivity contribution is -0.120. The second-order valence-corrected chi connectivity index (χ2v) is 6.23. The van der Waals surface area contributed by atoms with Crippen LogP contribution in [0.2, 0.25) is 0 Å². The molecule has 106 valence electrons. The van der Waals surface area contributed by atoms with E-state index in [1.54, 1.807) is 0 Å². The van der Waals surface area contributed by atoms with Gasteiger partial charge < -0.3 is 5.32 Å². The zero-order valence-corrected chi connectivity index (χ0v) is 12.1. The molecule has 2 aliphatic carbocycles. The van der Waals surface area contributed by atoms with E-state index in [1.807, 2.05) is 0 Å². The Labute approximate surface area is 121 Å². The van der Waals surface area contributed by atoms with Crippen molar-refractivity contribution in [1.82, 2.24) is 5.32 Å².